The fourth-order valence-corrected chi connectivity index (χ4v) is 4.59. The molecule has 162 valence electrons. The standard InChI is InChI=1S/C23H40O5/c1-10-19-23(8,26)13-16(4)20(24)15(3)12-22(7,27-9)11-14(2)17(5)18(6)21(25)28-19/h14-16,18-19,26H,5,10-13H2,1-4,6-9H3/t14-,15-,16-,18-,19-,22+,23+/m1/s1. The molecule has 1 rings (SSSR count). The maximum absolute atomic E-state index is 13.0. The van der Waals surface area contributed by atoms with E-state index < -0.39 is 23.2 Å². The van der Waals surface area contributed by atoms with Gasteiger partial charge in [-0.05, 0) is 52.4 Å². The molecule has 1 aliphatic rings. The molecular formula is C23H40O5. The number of ether oxygens (including phenoxy) is 2. The van der Waals surface area contributed by atoms with E-state index in [1.807, 2.05) is 34.6 Å². The predicted molar refractivity (Wildman–Crippen MR) is 111 cm³/mol. The predicted octanol–water partition coefficient (Wildman–Crippen LogP) is 4.32. The molecule has 5 nitrogen and oxygen atoms in total. The first-order valence-electron chi connectivity index (χ1n) is 10.5. The number of Topliss-reactive ketones (excluding diaryl/α,β-unsaturated/α-hetero) is 1. The van der Waals surface area contributed by atoms with Crippen molar-refractivity contribution < 1.29 is 24.2 Å². The van der Waals surface area contributed by atoms with Crippen LogP contribution in [0.4, 0.5) is 0 Å². The molecule has 0 aliphatic carbocycles. The van der Waals surface area contributed by atoms with Gasteiger partial charge >= 0.3 is 5.97 Å². The molecule has 28 heavy (non-hydrogen) atoms. The van der Waals surface area contributed by atoms with Gasteiger partial charge in [0.2, 0.25) is 0 Å². The van der Waals surface area contributed by atoms with Gasteiger partial charge in [0, 0.05) is 18.9 Å². The van der Waals surface area contributed by atoms with Crippen molar-refractivity contribution in [2.24, 2.45) is 23.7 Å². The van der Waals surface area contributed by atoms with Crippen LogP contribution in [0.1, 0.15) is 74.1 Å². The van der Waals surface area contributed by atoms with E-state index in [1.54, 1.807) is 21.0 Å². The zero-order valence-corrected chi connectivity index (χ0v) is 19.0. The van der Waals surface area contributed by atoms with Crippen molar-refractivity contribution in [1.29, 1.82) is 0 Å². The number of carbonyl (C=O) groups is 2. The summed E-state index contributed by atoms with van der Waals surface area (Å²) >= 11 is 0. The molecule has 1 saturated heterocycles. The van der Waals surface area contributed by atoms with E-state index in [0.29, 0.717) is 19.3 Å². The van der Waals surface area contributed by atoms with Gasteiger partial charge in [0.15, 0.2) is 0 Å². The van der Waals surface area contributed by atoms with E-state index >= 15 is 0 Å². The molecule has 1 heterocycles. The second-order valence-electron chi connectivity index (χ2n) is 9.36. The van der Waals surface area contributed by atoms with Gasteiger partial charge in [-0.25, -0.2) is 0 Å². The van der Waals surface area contributed by atoms with Gasteiger partial charge in [-0.1, -0.05) is 39.8 Å². The van der Waals surface area contributed by atoms with Crippen molar-refractivity contribution in [3.63, 3.8) is 0 Å². The van der Waals surface area contributed by atoms with Crippen LogP contribution in [0.15, 0.2) is 12.2 Å². The zero-order chi connectivity index (χ0) is 21.9. The first kappa shape index (κ1) is 24.8. The molecule has 0 radical (unpaired) electrons. The largest absolute Gasteiger partial charge is 0.459 e. The Bertz CT molecular complexity index is 572. The van der Waals surface area contributed by atoms with Crippen molar-refractivity contribution in [2.75, 3.05) is 7.11 Å². The number of hydrogen-bond donors (Lipinski definition) is 1. The van der Waals surface area contributed by atoms with Crippen LogP contribution in [0.25, 0.3) is 0 Å². The molecule has 0 aromatic carbocycles. The lowest BCUT2D eigenvalue weighted by Gasteiger charge is -2.38. The number of ketones is 1. The highest BCUT2D eigenvalue weighted by Crippen LogP contribution is 2.36. The van der Waals surface area contributed by atoms with Crippen molar-refractivity contribution in [3.05, 3.63) is 12.2 Å². The monoisotopic (exact) mass is 396 g/mol. The van der Waals surface area contributed by atoms with Gasteiger partial charge in [-0.15, -0.1) is 0 Å². The molecule has 0 spiro atoms. The van der Waals surface area contributed by atoms with Gasteiger partial charge < -0.3 is 14.6 Å². The second kappa shape index (κ2) is 9.53. The first-order valence-corrected chi connectivity index (χ1v) is 10.5. The molecule has 0 aromatic rings. The summed E-state index contributed by atoms with van der Waals surface area (Å²) in [4.78, 5) is 25.7. The lowest BCUT2D eigenvalue weighted by Crippen LogP contribution is -2.46. The summed E-state index contributed by atoms with van der Waals surface area (Å²) in [6.07, 6.45) is 1.31. The molecule has 1 fully saturated rings. The van der Waals surface area contributed by atoms with E-state index in [9.17, 15) is 14.7 Å². The van der Waals surface area contributed by atoms with Crippen LogP contribution in [0.5, 0.6) is 0 Å². The lowest BCUT2D eigenvalue weighted by molar-refractivity contribution is -0.169. The molecular weight excluding hydrogens is 356 g/mol. The quantitative estimate of drug-likeness (QED) is 0.556. The smallest absolute Gasteiger partial charge is 0.313 e. The van der Waals surface area contributed by atoms with Crippen LogP contribution in [0.2, 0.25) is 0 Å². The van der Waals surface area contributed by atoms with Gasteiger partial charge in [-0.2, -0.15) is 0 Å². The number of carbonyl (C=O) groups excluding carboxylic acids is 2. The number of hydrogen-bond acceptors (Lipinski definition) is 5. The SMILES string of the molecule is C=C1[C@@H](C)C(=O)O[C@H](CC)[C@@](C)(O)C[C@@H](C)C(=O)[C@H](C)C[C@@](C)(OC)C[C@H]1C. The fraction of sp³-hybridized carbons (Fsp3) is 0.826. The van der Waals surface area contributed by atoms with Crippen LogP contribution < -0.4 is 0 Å². The summed E-state index contributed by atoms with van der Waals surface area (Å²) in [6.45, 7) is 17.3. The topological polar surface area (TPSA) is 72.8 Å². The average molecular weight is 397 g/mol. The number of cyclic esters (lactones) is 1. The fourth-order valence-electron chi connectivity index (χ4n) is 4.59. The van der Waals surface area contributed by atoms with E-state index in [1.165, 1.54) is 0 Å². The Morgan fingerprint density at radius 2 is 1.57 bits per heavy atom. The Kier molecular flexibility index (Phi) is 8.46. The molecule has 7 atom stereocenters. The second-order valence-corrected chi connectivity index (χ2v) is 9.36. The molecule has 0 bridgehead atoms. The highest BCUT2D eigenvalue weighted by molar-refractivity contribution is 5.83. The molecule has 0 amide bonds. The van der Waals surface area contributed by atoms with E-state index in [0.717, 1.165) is 5.57 Å². The van der Waals surface area contributed by atoms with Crippen LogP contribution in [-0.4, -0.2) is 41.3 Å². The van der Waals surface area contributed by atoms with Crippen LogP contribution >= 0.6 is 0 Å². The van der Waals surface area contributed by atoms with E-state index in [2.05, 4.69) is 6.58 Å². The highest BCUT2D eigenvalue weighted by Gasteiger charge is 2.41. The van der Waals surface area contributed by atoms with Crippen molar-refractivity contribution >= 4 is 11.8 Å². The summed E-state index contributed by atoms with van der Waals surface area (Å²) in [7, 11) is 1.66. The maximum atomic E-state index is 13.0. The van der Waals surface area contributed by atoms with E-state index in [-0.39, 0.29) is 35.9 Å². The minimum atomic E-state index is -1.28. The number of methoxy groups -OCH3 is 1. The highest BCUT2D eigenvalue weighted by atomic mass is 16.6. The summed E-state index contributed by atoms with van der Waals surface area (Å²) in [5.41, 5.74) is -0.993. The minimum Gasteiger partial charge on any atom is -0.459 e. The van der Waals surface area contributed by atoms with Gasteiger partial charge in [0.25, 0.3) is 0 Å². The van der Waals surface area contributed by atoms with Crippen molar-refractivity contribution in [2.45, 2.75) is 91.5 Å². The van der Waals surface area contributed by atoms with Crippen LogP contribution in [-0.2, 0) is 19.1 Å². The Hall–Kier alpha value is -1.20. The molecule has 0 unspecified atom stereocenters. The molecule has 0 saturated carbocycles. The third-order valence-electron chi connectivity index (χ3n) is 6.53. The van der Waals surface area contributed by atoms with Gasteiger partial charge in [0.1, 0.15) is 11.9 Å². The average Bonchev–Trinajstić information content (AvgIpc) is 2.62. The normalized spacial score (nSPS) is 42.0. The van der Waals surface area contributed by atoms with E-state index in [4.69, 9.17) is 9.47 Å². The summed E-state index contributed by atoms with van der Waals surface area (Å²) < 4.78 is 11.5. The number of aliphatic hydroxyl groups is 1. The van der Waals surface area contributed by atoms with Crippen LogP contribution in [0.3, 0.4) is 0 Å². The molecule has 1 aliphatic heterocycles. The zero-order valence-electron chi connectivity index (χ0n) is 19.0. The minimum absolute atomic E-state index is 0.0238. The summed E-state index contributed by atoms with van der Waals surface area (Å²) in [6, 6.07) is 0. The maximum Gasteiger partial charge on any atom is 0.313 e. The Labute approximate surface area is 170 Å². The third-order valence-corrected chi connectivity index (χ3v) is 6.53. The molecule has 0 aromatic heterocycles. The Morgan fingerprint density at radius 1 is 1.07 bits per heavy atom. The summed E-state index contributed by atoms with van der Waals surface area (Å²) in [5, 5.41) is 11.0. The third kappa shape index (κ3) is 5.90. The Morgan fingerprint density at radius 3 is 2.07 bits per heavy atom. The first-order chi connectivity index (χ1) is 12.8. The number of esters is 1. The van der Waals surface area contributed by atoms with Gasteiger partial charge in [0.05, 0.1) is 17.1 Å². The van der Waals surface area contributed by atoms with Crippen molar-refractivity contribution in [1.82, 2.24) is 0 Å². The molecule has 5 heteroatoms. The molecule has 1 N–H and O–H groups in total. The lowest BCUT2D eigenvalue weighted by atomic mass is 9.76. The van der Waals surface area contributed by atoms with Gasteiger partial charge in [-0.3, -0.25) is 9.59 Å². The summed E-state index contributed by atoms with van der Waals surface area (Å²) in [5.74, 6) is -1.27. The number of rotatable bonds is 2. The Balaban J connectivity index is 3.30. The van der Waals surface area contributed by atoms with Crippen molar-refractivity contribution in [3.8, 4) is 0 Å². The van der Waals surface area contributed by atoms with Crippen LogP contribution in [0, 0.1) is 23.7 Å².